The van der Waals surface area contributed by atoms with Gasteiger partial charge in [0, 0.05) is 25.7 Å². The van der Waals surface area contributed by atoms with Crippen LogP contribution in [0.25, 0.3) is 0 Å². The average Bonchev–Trinajstić information content (AvgIpc) is 3.21. The van der Waals surface area contributed by atoms with E-state index in [9.17, 15) is 19.2 Å². The summed E-state index contributed by atoms with van der Waals surface area (Å²) in [6, 6.07) is -0.761. The third-order valence-corrected chi connectivity index (χ3v) is 6.10. The Bertz CT molecular complexity index is 720. The summed E-state index contributed by atoms with van der Waals surface area (Å²) in [5, 5.41) is 2.89. The summed E-state index contributed by atoms with van der Waals surface area (Å²) in [6.45, 7) is 3.48. The van der Waals surface area contributed by atoms with E-state index in [1.165, 1.54) is 11.8 Å². The van der Waals surface area contributed by atoms with Crippen molar-refractivity contribution in [3.8, 4) is 0 Å². The van der Waals surface area contributed by atoms with Crippen molar-refractivity contribution in [2.75, 3.05) is 13.2 Å². The molecule has 2 amide bonds. The molecule has 2 fully saturated rings. The molecule has 8 heteroatoms. The molecule has 8 nitrogen and oxygen atoms in total. The summed E-state index contributed by atoms with van der Waals surface area (Å²) in [7, 11) is 0. The Kier molecular flexibility index (Phi) is 7.15. The van der Waals surface area contributed by atoms with Gasteiger partial charge in [0.05, 0.1) is 13.2 Å². The molecule has 0 aromatic carbocycles. The van der Waals surface area contributed by atoms with Crippen LogP contribution >= 0.6 is 0 Å². The van der Waals surface area contributed by atoms with Crippen LogP contribution in [0.15, 0.2) is 12.2 Å². The van der Waals surface area contributed by atoms with Crippen LogP contribution in [-0.4, -0.2) is 59.5 Å². The van der Waals surface area contributed by atoms with Gasteiger partial charge in [0.2, 0.25) is 11.8 Å². The molecule has 3 aliphatic rings. The predicted octanol–water partition coefficient (Wildman–Crippen LogP) is 1.87. The smallest absolute Gasteiger partial charge is 0.332 e. The van der Waals surface area contributed by atoms with E-state index in [-0.39, 0.29) is 31.4 Å². The van der Waals surface area contributed by atoms with Crippen LogP contribution in [0.1, 0.15) is 65.2 Å². The fourth-order valence-corrected chi connectivity index (χ4v) is 4.45. The fourth-order valence-electron chi connectivity index (χ4n) is 4.45. The van der Waals surface area contributed by atoms with Crippen molar-refractivity contribution in [3.63, 3.8) is 0 Å². The molecule has 0 spiro atoms. The predicted molar refractivity (Wildman–Crippen MR) is 108 cm³/mol. The van der Waals surface area contributed by atoms with Gasteiger partial charge in [0.25, 0.3) is 0 Å². The van der Waals surface area contributed by atoms with Crippen molar-refractivity contribution in [3.05, 3.63) is 12.2 Å². The van der Waals surface area contributed by atoms with Gasteiger partial charge in [-0.2, -0.15) is 0 Å². The van der Waals surface area contributed by atoms with Crippen LogP contribution in [0.3, 0.4) is 0 Å². The molecular formula is C22H32N2O6. The standard InChI is InChI=1S/C22H32N2O6/c1-3-29-21(28)22-13-16(22)10-8-6-4-5-7-9-11-19(26)24-14-17(30-15(2)25)12-18(24)20(27)23-22/h8,10,16-18H,3-7,9,11-14H2,1-2H3,(H,23,27)/b10-8-/t16-,17+,18-,22+/m0/s1. The topological polar surface area (TPSA) is 102 Å². The van der Waals surface area contributed by atoms with E-state index in [1.807, 2.05) is 6.08 Å². The van der Waals surface area contributed by atoms with Gasteiger partial charge >= 0.3 is 11.9 Å². The number of fused-ring (bicyclic) bond motifs is 2. The molecular weight excluding hydrogens is 388 g/mol. The van der Waals surface area contributed by atoms with Crippen LogP contribution in [0.5, 0.6) is 0 Å². The first-order valence-corrected chi connectivity index (χ1v) is 11.0. The Morgan fingerprint density at radius 2 is 2.00 bits per heavy atom. The summed E-state index contributed by atoms with van der Waals surface area (Å²) in [5.74, 6) is -1.50. The second-order valence-corrected chi connectivity index (χ2v) is 8.40. The number of nitrogens with one attached hydrogen (secondary N) is 1. The Hall–Kier alpha value is -2.38. The highest BCUT2D eigenvalue weighted by Crippen LogP contribution is 2.46. The maximum atomic E-state index is 13.2. The van der Waals surface area contributed by atoms with Gasteiger partial charge in [0.15, 0.2) is 0 Å². The Balaban J connectivity index is 1.82. The molecule has 1 saturated heterocycles. The summed E-state index contributed by atoms with van der Waals surface area (Å²) in [6.07, 6.45) is 9.31. The van der Waals surface area contributed by atoms with Crippen molar-refractivity contribution in [2.45, 2.75) is 82.9 Å². The van der Waals surface area contributed by atoms with Crippen molar-refractivity contribution >= 4 is 23.8 Å². The number of amides is 2. The first-order chi connectivity index (χ1) is 14.4. The van der Waals surface area contributed by atoms with E-state index >= 15 is 0 Å². The Labute approximate surface area is 177 Å². The van der Waals surface area contributed by atoms with Crippen LogP contribution in [-0.2, 0) is 28.7 Å². The molecule has 2 aliphatic heterocycles. The number of rotatable bonds is 3. The van der Waals surface area contributed by atoms with E-state index in [0.717, 1.165) is 32.1 Å². The Morgan fingerprint density at radius 1 is 1.23 bits per heavy atom. The lowest BCUT2D eigenvalue weighted by atomic mass is 10.1. The second kappa shape index (κ2) is 9.62. The van der Waals surface area contributed by atoms with Gasteiger partial charge in [0.1, 0.15) is 17.7 Å². The fraction of sp³-hybridized carbons (Fsp3) is 0.727. The largest absolute Gasteiger partial charge is 0.464 e. The maximum absolute atomic E-state index is 13.2. The van der Waals surface area contributed by atoms with Gasteiger partial charge in [-0.3, -0.25) is 14.4 Å². The highest BCUT2D eigenvalue weighted by Gasteiger charge is 2.62. The van der Waals surface area contributed by atoms with Crippen LogP contribution in [0, 0.1) is 5.92 Å². The first kappa shape index (κ1) is 22.3. The number of hydrogen-bond donors (Lipinski definition) is 1. The summed E-state index contributed by atoms with van der Waals surface area (Å²) < 4.78 is 10.5. The zero-order valence-electron chi connectivity index (χ0n) is 17.9. The molecule has 3 rings (SSSR count). The molecule has 0 unspecified atom stereocenters. The molecule has 0 aromatic rings. The highest BCUT2D eigenvalue weighted by molar-refractivity contribution is 5.95. The molecule has 2 heterocycles. The lowest BCUT2D eigenvalue weighted by Crippen LogP contribution is -2.53. The summed E-state index contributed by atoms with van der Waals surface area (Å²) in [4.78, 5) is 51.6. The van der Waals surface area contributed by atoms with Gasteiger partial charge in [-0.05, 0) is 32.6 Å². The van der Waals surface area contributed by atoms with E-state index in [4.69, 9.17) is 9.47 Å². The average molecular weight is 421 g/mol. The van der Waals surface area contributed by atoms with Crippen LogP contribution in [0.4, 0.5) is 0 Å². The Morgan fingerprint density at radius 3 is 2.73 bits per heavy atom. The van der Waals surface area contributed by atoms with Gasteiger partial charge in [-0.25, -0.2) is 4.79 Å². The minimum atomic E-state index is -1.07. The quantitative estimate of drug-likeness (QED) is 0.552. The van der Waals surface area contributed by atoms with Crippen molar-refractivity contribution < 1.29 is 28.7 Å². The van der Waals surface area contributed by atoms with Crippen LogP contribution < -0.4 is 5.32 Å². The molecule has 0 bridgehead atoms. The van der Waals surface area contributed by atoms with Gasteiger partial charge < -0.3 is 19.7 Å². The molecule has 4 atom stereocenters. The normalized spacial score (nSPS) is 33.3. The SMILES string of the molecule is CCOC(=O)[C@@]12C[C@@H]1/C=C\CCCCCCC(=O)N1C[C@H](OC(C)=O)C[C@H]1C(=O)N2. The zero-order chi connectivity index (χ0) is 21.7. The van der Waals surface area contributed by atoms with E-state index < -0.39 is 35.5 Å². The molecule has 30 heavy (non-hydrogen) atoms. The number of carbonyl (C=O) groups is 4. The minimum Gasteiger partial charge on any atom is -0.464 e. The van der Waals surface area contributed by atoms with E-state index in [2.05, 4.69) is 11.4 Å². The lowest BCUT2D eigenvalue weighted by Gasteiger charge is -2.26. The van der Waals surface area contributed by atoms with Gasteiger partial charge in [-0.1, -0.05) is 25.0 Å². The maximum Gasteiger partial charge on any atom is 0.332 e. The lowest BCUT2D eigenvalue weighted by molar-refractivity contribution is -0.150. The third-order valence-electron chi connectivity index (χ3n) is 6.10. The highest BCUT2D eigenvalue weighted by atomic mass is 16.5. The van der Waals surface area contributed by atoms with Crippen molar-refractivity contribution in [2.24, 2.45) is 5.92 Å². The number of hydrogen-bond acceptors (Lipinski definition) is 6. The monoisotopic (exact) mass is 420 g/mol. The minimum absolute atomic E-state index is 0.111. The second-order valence-electron chi connectivity index (χ2n) is 8.40. The van der Waals surface area contributed by atoms with Crippen molar-refractivity contribution in [1.29, 1.82) is 0 Å². The third kappa shape index (κ3) is 5.02. The number of allylic oxidation sites excluding steroid dienone is 1. The molecule has 0 radical (unpaired) electrons. The first-order valence-electron chi connectivity index (χ1n) is 11.0. The van der Waals surface area contributed by atoms with E-state index in [0.29, 0.717) is 12.8 Å². The molecule has 1 N–H and O–H groups in total. The molecule has 0 aromatic heterocycles. The van der Waals surface area contributed by atoms with E-state index in [1.54, 1.807) is 6.92 Å². The molecule has 1 saturated carbocycles. The number of ether oxygens (including phenoxy) is 2. The zero-order valence-corrected chi connectivity index (χ0v) is 17.9. The summed E-state index contributed by atoms with van der Waals surface area (Å²) >= 11 is 0. The summed E-state index contributed by atoms with van der Waals surface area (Å²) in [5.41, 5.74) is -1.07. The number of nitrogens with zero attached hydrogens (tertiary/aromatic N) is 1. The number of esters is 2. The van der Waals surface area contributed by atoms with Gasteiger partial charge in [-0.15, -0.1) is 0 Å². The number of carbonyl (C=O) groups excluding carboxylic acids is 4. The van der Waals surface area contributed by atoms with Crippen LogP contribution in [0.2, 0.25) is 0 Å². The molecule has 1 aliphatic carbocycles. The molecule has 166 valence electrons. The van der Waals surface area contributed by atoms with Crippen molar-refractivity contribution in [1.82, 2.24) is 10.2 Å².